The van der Waals surface area contributed by atoms with Crippen LogP contribution >= 0.6 is 11.6 Å². The molecular weight excluding hydrogens is 357 g/mol. The minimum atomic E-state index is -4.88. The first-order chi connectivity index (χ1) is 10.5. The monoisotopic (exact) mass is 366 g/mol. The van der Waals surface area contributed by atoms with Crippen LogP contribution < -0.4 is 4.74 Å². The van der Waals surface area contributed by atoms with E-state index in [1.54, 1.807) is 0 Å². The van der Waals surface area contributed by atoms with E-state index in [2.05, 4.69) is 0 Å². The van der Waals surface area contributed by atoms with Crippen molar-refractivity contribution in [3.8, 4) is 17.2 Å². The van der Waals surface area contributed by atoms with Gasteiger partial charge in [0.15, 0.2) is 21.3 Å². The molecule has 1 N–H and O–H groups in total. The molecule has 0 aliphatic carbocycles. The Kier molecular flexibility index (Phi) is 4.50. The first-order valence-electron chi connectivity index (χ1n) is 6.06. The maximum absolute atomic E-state index is 13.1. The first-order valence-corrected chi connectivity index (χ1v) is 8.33. The predicted molar refractivity (Wildman–Crippen MR) is 77.7 cm³/mol. The second-order valence-electron chi connectivity index (χ2n) is 4.64. The van der Waals surface area contributed by atoms with Crippen LogP contribution in [-0.2, 0) is 16.0 Å². The van der Waals surface area contributed by atoms with Gasteiger partial charge < -0.3 is 9.84 Å². The summed E-state index contributed by atoms with van der Waals surface area (Å²) >= 11 is 5.72. The summed E-state index contributed by atoms with van der Waals surface area (Å²) < 4.78 is 67.3. The number of sulfone groups is 1. The van der Waals surface area contributed by atoms with Gasteiger partial charge in [-0.1, -0.05) is 11.6 Å². The van der Waals surface area contributed by atoms with Gasteiger partial charge in [0.2, 0.25) is 0 Å². The van der Waals surface area contributed by atoms with Crippen LogP contribution in [0.2, 0.25) is 5.02 Å². The standard InChI is InChI=1S/C14H10ClF3O4S/c1-23(20,21)13-5-3-9(7-10(13)14(16,17)18)22-12-6-8(15)2-4-11(12)19/h2-7,19H,1H3. The Balaban J connectivity index is 2.52. The van der Waals surface area contributed by atoms with E-state index in [9.17, 15) is 26.7 Å². The van der Waals surface area contributed by atoms with Crippen LogP contribution in [0.4, 0.5) is 13.2 Å². The van der Waals surface area contributed by atoms with Crippen LogP contribution in [0.3, 0.4) is 0 Å². The number of hydrogen-bond acceptors (Lipinski definition) is 4. The van der Waals surface area contributed by atoms with E-state index in [0.717, 1.165) is 12.1 Å². The van der Waals surface area contributed by atoms with Crippen molar-refractivity contribution in [3.63, 3.8) is 0 Å². The number of aromatic hydroxyl groups is 1. The number of rotatable bonds is 3. The van der Waals surface area contributed by atoms with Crippen molar-refractivity contribution in [1.82, 2.24) is 0 Å². The highest BCUT2D eigenvalue weighted by Gasteiger charge is 2.36. The summed E-state index contributed by atoms with van der Waals surface area (Å²) in [7, 11) is -4.07. The third-order valence-electron chi connectivity index (χ3n) is 2.81. The smallest absolute Gasteiger partial charge is 0.417 e. The third-order valence-corrected chi connectivity index (χ3v) is 4.20. The van der Waals surface area contributed by atoms with Crippen molar-refractivity contribution in [3.05, 3.63) is 47.0 Å². The van der Waals surface area contributed by atoms with Gasteiger partial charge in [-0.25, -0.2) is 8.42 Å². The lowest BCUT2D eigenvalue weighted by Gasteiger charge is -2.14. The second kappa shape index (κ2) is 5.93. The Morgan fingerprint density at radius 1 is 1.13 bits per heavy atom. The summed E-state index contributed by atoms with van der Waals surface area (Å²) in [5, 5.41) is 9.82. The van der Waals surface area contributed by atoms with Crippen LogP contribution in [0.25, 0.3) is 0 Å². The zero-order valence-corrected chi connectivity index (χ0v) is 13.1. The lowest BCUT2D eigenvalue weighted by Crippen LogP contribution is -2.12. The topological polar surface area (TPSA) is 63.6 Å². The molecule has 0 bridgehead atoms. The SMILES string of the molecule is CS(=O)(=O)c1ccc(Oc2cc(Cl)ccc2O)cc1C(F)(F)F. The molecule has 0 fully saturated rings. The Labute approximate surface area is 135 Å². The van der Waals surface area contributed by atoms with Crippen molar-refractivity contribution in [2.75, 3.05) is 6.26 Å². The summed E-state index contributed by atoms with van der Waals surface area (Å²) in [6, 6.07) is 6.22. The fourth-order valence-electron chi connectivity index (χ4n) is 1.81. The predicted octanol–water partition coefficient (Wildman–Crippen LogP) is 4.26. The molecule has 2 aromatic rings. The molecule has 0 radical (unpaired) electrons. The van der Waals surface area contributed by atoms with Gasteiger partial charge in [-0.3, -0.25) is 0 Å². The van der Waals surface area contributed by atoms with E-state index < -0.39 is 26.5 Å². The second-order valence-corrected chi connectivity index (χ2v) is 7.06. The highest BCUT2D eigenvalue weighted by atomic mass is 35.5. The normalized spacial score (nSPS) is 12.2. The van der Waals surface area contributed by atoms with Crippen LogP contribution in [0.5, 0.6) is 17.2 Å². The fraction of sp³-hybridized carbons (Fsp3) is 0.143. The van der Waals surface area contributed by atoms with Crippen molar-refractivity contribution < 1.29 is 31.4 Å². The number of phenols is 1. The Morgan fingerprint density at radius 3 is 2.35 bits per heavy atom. The number of phenolic OH excluding ortho intramolecular Hbond substituents is 1. The average molecular weight is 367 g/mol. The molecule has 0 saturated carbocycles. The molecular formula is C14H10ClF3O4S. The van der Waals surface area contributed by atoms with Gasteiger partial charge >= 0.3 is 6.18 Å². The Bertz CT molecular complexity index is 848. The third kappa shape index (κ3) is 4.08. The van der Waals surface area contributed by atoms with Crippen molar-refractivity contribution in [1.29, 1.82) is 0 Å². The molecule has 4 nitrogen and oxygen atoms in total. The quantitative estimate of drug-likeness (QED) is 0.881. The summed E-state index contributed by atoms with van der Waals surface area (Å²) in [6.45, 7) is 0. The van der Waals surface area contributed by atoms with Gasteiger partial charge in [0.25, 0.3) is 0 Å². The van der Waals surface area contributed by atoms with Gasteiger partial charge in [0, 0.05) is 17.3 Å². The summed E-state index contributed by atoms with van der Waals surface area (Å²) in [6.07, 6.45) is -4.20. The molecule has 0 amide bonds. The summed E-state index contributed by atoms with van der Waals surface area (Å²) in [4.78, 5) is -0.854. The van der Waals surface area contributed by atoms with Crippen LogP contribution in [0, 0.1) is 0 Å². The van der Waals surface area contributed by atoms with E-state index in [4.69, 9.17) is 16.3 Å². The largest absolute Gasteiger partial charge is 0.504 e. The highest BCUT2D eigenvalue weighted by molar-refractivity contribution is 7.90. The first kappa shape index (κ1) is 17.4. The Hall–Kier alpha value is -1.93. The number of alkyl halides is 3. The van der Waals surface area contributed by atoms with Crippen LogP contribution in [-0.4, -0.2) is 19.8 Å². The van der Waals surface area contributed by atoms with Crippen molar-refractivity contribution in [2.45, 2.75) is 11.1 Å². The van der Waals surface area contributed by atoms with Crippen LogP contribution in [0.1, 0.15) is 5.56 Å². The van der Waals surface area contributed by atoms with E-state index in [1.165, 1.54) is 18.2 Å². The van der Waals surface area contributed by atoms with E-state index >= 15 is 0 Å². The zero-order valence-electron chi connectivity index (χ0n) is 11.6. The summed E-state index contributed by atoms with van der Waals surface area (Å²) in [5.41, 5.74) is -1.35. The maximum atomic E-state index is 13.1. The van der Waals surface area contributed by atoms with E-state index in [-0.39, 0.29) is 22.3 Å². The van der Waals surface area contributed by atoms with Gasteiger partial charge in [0.1, 0.15) is 5.75 Å². The molecule has 0 heterocycles. The molecule has 0 aromatic heterocycles. The molecule has 124 valence electrons. The molecule has 0 saturated heterocycles. The molecule has 9 heteroatoms. The van der Waals surface area contributed by atoms with Crippen molar-refractivity contribution >= 4 is 21.4 Å². The van der Waals surface area contributed by atoms with Gasteiger partial charge in [-0.05, 0) is 30.3 Å². The molecule has 2 rings (SSSR count). The molecule has 0 spiro atoms. The molecule has 23 heavy (non-hydrogen) atoms. The average Bonchev–Trinajstić information content (AvgIpc) is 2.41. The van der Waals surface area contributed by atoms with Gasteiger partial charge in [-0.2, -0.15) is 13.2 Å². The minimum Gasteiger partial charge on any atom is -0.504 e. The molecule has 0 unspecified atom stereocenters. The van der Waals surface area contributed by atoms with Gasteiger partial charge in [0.05, 0.1) is 10.5 Å². The van der Waals surface area contributed by atoms with E-state index in [0.29, 0.717) is 12.3 Å². The lowest BCUT2D eigenvalue weighted by molar-refractivity contribution is -0.140. The Morgan fingerprint density at radius 2 is 1.78 bits per heavy atom. The molecule has 0 aliphatic rings. The molecule has 0 atom stereocenters. The molecule has 2 aromatic carbocycles. The highest BCUT2D eigenvalue weighted by Crippen LogP contribution is 2.39. The summed E-state index contributed by atoms with van der Waals surface area (Å²) in [5.74, 6) is -0.768. The van der Waals surface area contributed by atoms with Gasteiger partial charge in [-0.15, -0.1) is 0 Å². The van der Waals surface area contributed by atoms with Crippen LogP contribution in [0.15, 0.2) is 41.3 Å². The van der Waals surface area contributed by atoms with E-state index in [1.807, 2.05) is 0 Å². The number of halogens is 4. The molecule has 0 aliphatic heterocycles. The lowest BCUT2D eigenvalue weighted by atomic mass is 10.2. The fourth-order valence-corrected chi connectivity index (χ4v) is 2.87. The number of ether oxygens (including phenoxy) is 1. The number of hydrogen-bond donors (Lipinski definition) is 1. The minimum absolute atomic E-state index is 0.155. The zero-order chi connectivity index (χ0) is 17.4. The number of benzene rings is 2. The maximum Gasteiger partial charge on any atom is 0.417 e. The van der Waals surface area contributed by atoms with Crippen molar-refractivity contribution in [2.24, 2.45) is 0 Å².